The van der Waals surface area contributed by atoms with Gasteiger partial charge in [0, 0.05) is 55.9 Å². The highest BCUT2D eigenvalue weighted by atomic mass is 16.5. The zero-order valence-electron chi connectivity index (χ0n) is 15.2. The van der Waals surface area contributed by atoms with Gasteiger partial charge in [-0.2, -0.15) is 5.10 Å². The molecule has 26 heavy (non-hydrogen) atoms. The van der Waals surface area contributed by atoms with E-state index in [2.05, 4.69) is 42.6 Å². The lowest BCUT2D eigenvalue weighted by atomic mass is 10.2. The first-order valence-corrected chi connectivity index (χ1v) is 9.04. The third kappa shape index (κ3) is 3.48. The number of nitrogens with one attached hydrogen (secondary N) is 1. The van der Waals surface area contributed by atoms with Crippen molar-refractivity contribution in [2.75, 3.05) is 13.2 Å². The Hall–Kier alpha value is -2.67. The number of rotatable bonds is 6. The van der Waals surface area contributed by atoms with Crippen molar-refractivity contribution in [2.24, 2.45) is 0 Å². The summed E-state index contributed by atoms with van der Waals surface area (Å²) in [6, 6.07) is 8.07. The summed E-state index contributed by atoms with van der Waals surface area (Å²) in [6.45, 7) is 7.63. The van der Waals surface area contributed by atoms with Gasteiger partial charge >= 0.3 is 0 Å². The van der Waals surface area contributed by atoms with E-state index in [-0.39, 0.29) is 6.04 Å². The molecule has 0 bridgehead atoms. The van der Waals surface area contributed by atoms with Gasteiger partial charge in [0.1, 0.15) is 5.82 Å². The molecule has 4 heterocycles. The van der Waals surface area contributed by atoms with Crippen LogP contribution in [0.1, 0.15) is 35.9 Å². The van der Waals surface area contributed by atoms with E-state index in [9.17, 15) is 0 Å². The van der Waals surface area contributed by atoms with Gasteiger partial charge in [0.2, 0.25) is 5.88 Å². The smallest absolute Gasteiger partial charge is 0.213 e. The van der Waals surface area contributed by atoms with E-state index in [1.807, 2.05) is 31.3 Å². The molecule has 0 aliphatic carbocycles. The molecule has 1 atom stereocenters. The van der Waals surface area contributed by atoms with E-state index in [4.69, 9.17) is 4.74 Å². The molecular formula is C19H24N6O. The van der Waals surface area contributed by atoms with Crippen LogP contribution >= 0.6 is 0 Å². The van der Waals surface area contributed by atoms with Crippen LogP contribution in [0.25, 0.3) is 0 Å². The zero-order valence-corrected chi connectivity index (χ0v) is 15.2. The van der Waals surface area contributed by atoms with Gasteiger partial charge in [-0.25, -0.2) is 9.97 Å². The minimum absolute atomic E-state index is 0.270. The monoisotopic (exact) mass is 352 g/mol. The summed E-state index contributed by atoms with van der Waals surface area (Å²) in [6.07, 6.45) is 4.55. The third-order valence-electron chi connectivity index (χ3n) is 4.87. The second kappa shape index (κ2) is 7.29. The number of aromatic nitrogens is 5. The van der Waals surface area contributed by atoms with Crippen LogP contribution in [0.3, 0.4) is 0 Å². The van der Waals surface area contributed by atoms with E-state index in [1.54, 1.807) is 6.20 Å². The van der Waals surface area contributed by atoms with Crippen molar-refractivity contribution in [1.82, 2.24) is 29.6 Å². The number of hydrogen-bond acceptors (Lipinski definition) is 5. The fraction of sp³-hybridized carbons (Fsp3) is 0.421. The minimum atomic E-state index is 0.270. The Bertz CT molecular complexity index is 856. The van der Waals surface area contributed by atoms with Crippen molar-refractivity contribution < 1.29 is 4.74 Å². The molecule has 0 saturated heterocycles. The van der Waals surface area contributed by atoms with Crippen LogP contribution in [0.2, 0.25) is 0 Å². The summed E-state index contributed by atoms with van der Waals surface area (Å²) in [5.74, 6) is 1.79. The Morgan fingerprint density at radius 2 is 2.19 bits per heavy atom. The Morgan fingerprint density at radius 1 is 1.27 bits per heavy atom. The number of aryl methyl sites for hydroxylation is 1. The molecule has 3 aromatic rings. The molecule has 0 aromatic carbocycles. The predicted octanol–water partition coefficient (Wildman–Crippen LogP) is 2.51. The molecule has 1 N–H and O–H groups in total. The van der Waals surface area contributed by atoms with E-state index in [1.165, 1.54) is 5.69 Å². The predicted molar refractivity (Wildman–Crippen MR) is 97.8 cm³/mol. The Kier molecular flexibility index (Phi) is 4.71. The molecule has 7 heteroatoms. The standard InChI is InChI=1S/C19H24N6O/c1-14-11-16(23-22-14)13-24-8-9-25-17(12-21-19(25)15(24)2)6-10-26-18-5-3-4-7-20-18/h3-5,7,11-12,15H,6,8-10,13H2,1-2H3,(H,22,23)/t15-/m1/s1. The number of imidazole rings is 1. The van der Waals surface area contributed by atoms with E-state index in [0.717, 1.165) is 43.3 Å². The molecule has 1 aliphatic heterocycles. The summed E-state index contributed by atoms with van der Waals surface area (Å²) in [5.41, 5.74) is 3.40. The molecular weight excluding hydrogens is 328 g/mol. The van der Waals surface area contributed by atoms with Crippen LogP contribution in [-0.4, -0.2) is 42.8 Å². The molecule has 0 saturated carbocycles. The normalized spacial score (nSPS) is 17.2. The Labute approximate surface area is 153 Å². The van der Waals surface area contributed by atoms with Crippen molar-refractivity contribution in [3.63, 3.8) is 0 Å². The molecule has 0 fully saturated rings. The highest BCUT2D eigenvalue weighted by molar-refractivity contribution is 5.14. The number of aromatic amines is 1. The lowest BCUT2D eigenvalue weighted by molar-refractivity contribution is 0.152. The highest BCUT2D eigenvalue weighted by Gasteiger charge is 2.27. The average Bonchev–Trinajstić information content (AvgIpc) is 3.25. The van der Waals surface area contributed by atoms with Crippen LogP contribution < -0.4 is 4.74 Å². The quantitative estimate of drug-likeness (QED) is 0.738. The van der Waals surface area contributed by atoms with Gasteiger partial charge in [0.05, 0.1) is 18.3 Å². The first-order chi connectivity index (χ1) is 12.7. The van der Waals surface area contributed by atoms with Crippen LogP contribution in [0.4, 0.5) is 0 Å². The second-order valence-corrected chi connectivity index (χ2v) is 6.71. The fourth-order valence-corrected chi connectivity index (χ4v) is 3.48. The van der Waals surface area contributed by atoms with E-state index < -0.39 is 0 Å². The van der Waals surface area contributed by atoms with Crippen LogP contribution in [-0.2, 0) is 19.5 Å². The number of hydrogen-bond donors (Lipinski definition) is 1. The maximum absolute atomic E-state index is 5.73. The molecule has 0 spiro atoms. The molecule has 1 aliphatic rings. The van der Waals surface area contributed by atoms with Gasteiger partial charge in [0.25, 0.3) is 0 Å². The number of nitrogens with zero attached hydrogens (tertiary/aromatic N) is 5. The van der Waals surface area contributed by atoms with Gasteiger partial charge in [-0.15, -0.1) is 0 Å². The maximum atomic E-state index is 5.73. The summed E-state index contributed by atoms with van der Waals surface area (Å²) < 4.78 is 8.06. The van der Waals surface area contributed by atoms with Crippen molar-refractivity contribution in [2.45, 2.75) is 39.4 Å². The van der Waals surface area contributed by atoms with Crippen LogP contribution in [0.15, 0.2) is 36.7 Å². The first kappa shape index (κ1) is 16.8. The highest BCUT2D eigenvalue weighted by Crippen LogP contribution is 2.26. The van der Waals surface area contributed by atoms with Gasteiger partial charge in [-0.3, -0.25) is 10.00 Å². The summed E-state index contributed by atoms with van der Waals surface area (Å²) >= 11 is 0. The fourth-order valence-electron chi connectivity index (χ4n) is 3.48. The number of fused-ring (bicyclic) bond motifs is 1. The molecule has 0 radical (unpaired) electrons. The topological polar surface area (TPSA) is 71.9 Å². The SMILES string of the molecule is Cc1cc(CN2CCn3c(CCOc4ccccn4)cnc3[C@H]2C)n[nH]1. The molecule has 7 nitrogen and oxygen atoms in total. The van der Waals surface area contributed by atoms with Gasteiger partial charge in [-0.05, 0) is 26.0 Å². The van der Waals surface area contributed by atoms with E-state index >= 15 is 0 Å². The Morgan fingerprint density at radius 3 is 2.96 bits per heavy atom. The van der Waals surface area contributed by atoms with E-state index in [0.29, 0.717) is 12.5 Å². The lowest BCUT2D eigenvalue weighted by Crippen LogP contribution is -2.37. The largest absolute Gasteiger partial charge is 0.477 e. The molecule has 136 valence electrons. The van der Waals surface area contributed by atoms with Crippen LogP contribution in [0.5, 0.6) is 5.88 Å². The minimum Gasteiger partial charge on any atom is -0.477 e. The van der Waals surface area contributed by atoms with Gasteiger partial charge in [-0.1, -0.05) is 6.07 Å². The molecule has 4 rings (SSSR count). The number of ether oxygens (including phenoxy) is 1. The maximum Gasteiger partial charge on any atom is 0.213 e. The summed E-state index contributed by atoms with van der Waals surface area (Å²) in [4.78, 5) is 11.3. The third-order valence-corrected chi connectivity index (χ3v) is 4.87. The summed E-state index contributed by atoms with van der Waals surface area (Å²) in [5, 5.41) is 7.37. The molecule has 0 amide bonds. The van der Waals surface area contributed by atoms with Crippen molar-refractivity contribution in [3.8, 4) is 5.88 Å². The summed E-state index contributed by atoms with van der Waals surface area (Å²) in [7, 11) is 0. The van der Waals surface area contributed by atoms with Crippen molar-refractivity contribution >= 4 is 0 Å². The number of pyridine rings is 1. The first-order valence-electron chi connectivity index (χ1n) is 9.04. The van der Waals surface area contributed by atoms with Gasteiger partial charge < -0.3 is 9.30 Å². The lowest BCUT2D eigenvalue weighted by Gasteiger charge is -2.33. The number of H-pyrrole nitrogens is 1. The molecule has 0 unspecified atom stereocenters. The van der Waals surface area contributed by atoms with Crippen molar-refractivity contribution in [1.29, 1.82) is 0 Å². The van der Waals surface area contributed by atoms with Crippen LogP contribution in [0, 0.1) is 6.92 Å². The Balaban J connectivity index is 1.39. The van der Waals surface area contributed by atoms with Gasteiger partial charge in [0.15, 0.2) is 0 Å². The zero-order chi connectivity index (χ0) is 17.9. The second-order valence-electron chi connectivity index (χ2n) is 6.71. The average molecular weight is 352 g/mol. The molecule has 3 aromatic heterocycles. The van der Waals surface area contributed by atoms with Crippen molar-refractivity contribution in [3.05, 3.63) is 59.6 Å².